The van der Waals surface area contributed by atoms with Crippen LogP contribution >= 0.6 is 0 Å². The van der Waals surface area contributed by atoms with Gasteiger partial charge in [-0.2, -0.15) is 0 Å². The number of carbonyl (C=O) groups is 2. The predicted octanol–water partition coefficient (Wildman–Crippen LogP) is 3.14. The van der Waals surface area contributed by atoms with Gasteiger partial charge >= 0.3 is 19.1 Å². The van der Waals surface area contributed by atoms with Crippen molar-refractivity contribution < 1.29 is 28.4 Å². The van der Waals surface area contributed by atoms with Gasteiger partial charge in [0, 0.05) is 5.82 Å². The summed E-state index contributed by atoms with van der Waals surface area (Å²) in [5.41, 5.74) is 0.129. The van der Waals surface area contributed by atoms with Crippen LogP contribution in [-0.2, 0) is 23.6 Å². The average molecular weight is 362 g/mol. The molecule has 1 saturated heterocycles. The van der Waals surface area contributed by atoms with E-state index in [1.165, 1.54) is 7.11 Å². The lowest BCUT2D eigenvalue weighted by Crippen LogP contribution is -2.41. The van der Waals surface area contributed by atoms with Crippen LogP contribution in [0, 0.1) is 0 Å². The van der Waals surface area contributed by atoms with Crippen LogP contribution in [0.5, 0.6) is 0 Å². The lowest BCUT2D eigenvalue weighted by Gasteiger charge is -2.32. The number of esters is 2. The zero-order valence-corrected chi connectivity index (χ0v) is 16.3. The minimum atomic E-state index is -0.627. The molecule has 7 heteroatoms. The summed E-state index contributed by atoms with van der Waals surface area (Å²) in [5, 5.41) is 0. The fraction of sp³-hybridized carbons (Fsp3) is 0.579. The van der Waals surface area contributed by atoms with Gasteiger partial charge in [0.15, 0.2) is 0 Å². The molecule has 142 valence electrons. The van der Waals surface area contributed by atoms with Crippen molar-refractivity contribution in [1.82, 2.24) is 0 Å². The molecule has 0 N–H and O–H groups in total. The van der Waals surface area contributed by atoms with Crippen LogP contribution in [0.25, 0.3) is 0 Å². The minimum absolute atomic E-state index is 0.0926. The van der Waals surface area contributed by atoms with Crippen LogP contribution < -0.4 is 0 Å². The number of ether oxygens (including phenoxy) is 2. The quantitative estimate of drug-likeness (QED) is 0.572. The topological polar surface area (TPSA) is 71.1 Å². The first-order chi connectivity index (χ1) is 12.1. The molecule has 1 aromatic rings. The molecule has 0 amide bonds. The van der Waals surface area contributed by atoms with Gasteiger partial charge in [-0.15, -0.1) is 0 Å². The van der Waals surface area contributed by atoms with Gasteiger partial charge in [-0.1, -0.05) is 12.1 Å². The third-order valence-electron chi connectivity index (χ3n) is 5.03. The van der Waals surface area contributed by atoms with Gasteiger partial charge in [-0.05, 0) is 52.3 Å². The normalized spacial score (nSPS) is 19.1. The minimum Gasteiger partial charge on any atom is -0.466 e. The highest BCUT2D eigenvalue weighted by Crippen LogP contribution is 2.42. The van der Waals surface area contributed by atoms with Gasteiger partial charge in [-0.25, -0.2) is 4.79 Å². The summed E-state index contributed by atoms with van der Waals surface area (Å²) in [7, 11) is 0.705. The maximum Gasteiger partial charge on any atom is 0.466 e. The highest BCUT2D eigenvalue weighted by Gasteiger charge is 2.54. The van der Waals surface area contributed by atoms with E-state index in [9.17, 15) is 9.59 Å². The second-order valence-corrected chi connectivity index (χ2v) is 7.36. The Morgan fingerprint density at radius 1 is 1.15 bits per heavy atom. The van der Waals surface area contributed by atoms with Crippen LogP contribution in [0.3, 0.4) is 0 Å². The van der Waals surface area contributed by atoms with Crippen molar-refractivity contribution in [3.05, 3.63) is 35.4 Å². The van der Waals surface area contributed by atoms with E-state index in [4.69, 9.17) is 18.8 Å². The van der Waals surface area contributed by atoms with Gasteiger partial charge < -0.3 is 18.8 Å². The Morgan fingerprint density at radius 2 is 1.77 bits per heavy atom. The lowest BCUT2D eigenvalue weighted by molar-refractivity contribution is -0.143. The van der Waals surface area contributed by atoms with Crippen molar-refractivity contribution in [2.45, 2.75) is 58.1 Å². The van der Waals surface area contributed by atoms with E-state index in [0.717, 1.165) is 5.56 Å². The molecule has 1 heterocycles. The molecule has 1 aliphatic rings. The van der Waals surface area contributed by atoms with Crippen LogP contribution in [0.4, 0.5) is 0 Å². The Kier molecular flexibility index (Phi) is 6.14. The number of methoxy groups -OCH3 is 1. The second-order valence-electron chi connectivity index (χ2n) is 7.36. The van der Waals surface area contributed by atoms with Crippen LogP contribution in [-0.4, -0.2) is 44.0 Å². The average Bonchev–Trinajstić information content (AvgIpc) is 2.79. The largest absolute Gasteiger partial charge is 0.466 e. The zero-order chi connectivity index (χ0) is 19.5. The number of carbonyl (C=O) groups excluding carboxylic acids is 2. The molecule has 0 aromatic heterocycles. The molecule has 0 radical (unpaired) electrons. The van der Waals surface area contributed by atoms with E-state index in [0.29, 0.717) is 12.2 Å². The molecule has 0 bridgehead atoms. The van der Waals surface area contributed by atoms with E-state index in [1.807, 2.05) is 33.8 Å². The summed E-state index contributed by atoms with van der Waals surface area (Å²) < 4.78 is 22.2. The number of hydrogen-bond acceptors (Lipinski definition) is 6. The van der Waals surface area contributed by atoms with E-state index in [1.54, 1.807) is 25.1 Å². The molecule has 0 saturated carbocycles. The fourth-order valence-corrected chi connectivity index (χ4v) is 2.84. The van der Waals surface area contributed by atoms with Crippen molar-refractivity contribution in [3.63, 3.8) is 0 Å². The van der Waals surface area contributed by atoms with Crippen LogP contribution in [0.1, 0.15) is 62.8 Å². The van der Waals surface area contributed by atoms with E-state index in [-0.39, 0.29) is 12.4 Å². The predicted molar refractivity (Wildman–Crippen MR) is 97.9 cm³/mol. The summed E-state index contributed by atoms with van der Waals surface area (Å²) >= 11 is 0. The second kappa shape index (κ2) is 7.80. The summed E-state index contributed by atoms with van der Waals surface area (Å²) in [4.78, 5) is 24.0. The van der Waals surface area contributed by atoms with Crippen molar-refractivity contribution in [3.8, 4) is 0 Å². The number of benzene rings is 1. The summed E-state index contributed by atoms with van der Waals surface area (Å²) in [6, 6.07) is 6.98. The fourth-order valence-electron chi connectivity index (χ4n) is 2.84. The van der Waals surface area contributed by atoms with Gasteiger partial charge in [0.1, 0.15) is 0 Å². The van der Waals surface area contributed by atoms with E-state index in [2.05, 4.69) is 0 Å². The maximum absolute atomic E-state index is 12.2. The monoisotopic (exact) mass is 362 g/mol. The first-order valence-electron chi connectivity index (χ1n) is 8.81. The summed E-state index contributed by atoms with van der Waals surface area (Å²) in [5.74, 6) is -1.17. The molecule has 6 nitrogen and oxygen atoms in total. The van der Waals surface area contributed by atoms with Gasteiger partial charge in [0.25, 0.3) is 0 Å². The molecule has 1 fully saturated rings. The maximum atomic E-state index is 12.2. The number of hydrogen-bond donors (Lipinski definition) is 0. The molecule has 1 aromatic carbocycles. The SMILES string of the molecule is CCOC(=O)CC(B1OC(C)(C)C(C)(C)O1)c1cccc(C(=O)OC)c1. The Hall–Kier alpha value is -1.86. The van der Waals surface area contributed by atoms with Gasteiger partial charge in [0.05, 0.1) is 36.9 Å². The van der Waals surface area contributed by atoms with Crippen molar-refractivity contribution in [2.75, 3.05) is 13.7 Å². The molecule has 0 aliphatic carbocycles. The molecular weight excluding hydrogens is 335 g/mol. The molecular formula is C19H27BO6. The molecule has 1 aliphatic heterocycles. The first kappa shape index (κ1) is 20.5. The van der Waals surface area contributed by atoms with Gasteiger partial charge in [0.2, 0.25) is 0 Å². The highest BCUT2D eigenvalue weighted by molar-refractivity contribution is 6.48. The Balaban J connectivity index is 2.36. The third kappa shape index (κ3) is 4.27. The van der Waals surface area contributed by atoms with Crippen molar-refractivity contribution >= 4 is 19.1 Å². The van der Waals surface area contributed by atoms with Crippen molar-refractivity contribution in [2.24, 2.45) is 0 Å². The molecule has 26 heavy (non-hydrogen) atoms. The van der Waals surface area contributed by atoms with Gasteiger partial charge in [-0.3, -0.25) is 4.79 Å². The Bertz CT molecular complexity index is 654. The van der Waals surface area contributed by atoms with Crippen molar-refractivity contribution in [1.29, 1.82) is 0 Å². The molecule has 1 atom stereocenters. The number of rotatable bonds is 6. The molecule has 2 rings (SSSR count). The Labute approximate surface area is 155 Å². The zero-order valence-electron chi connectivity index (χ0n) is 16.3. The van der Waals surface area contributed by atoms with E-state index >= 15 is 0 Å². The molecule has 0 spiro atoms. The standard InChI is InChI=1S/C19H27BO6/c1-7-24-16(21)12-15(20-25-18(2,3)19(4,5)26-20)13-9-8-10-14(11-13)17(22)23-6/h8-11,15H,7,12H2,1-6H3. The smallest absolute Gasteiger partial charge is 0.466 e. The van der Waals surface area contributed by atoms with Crippen LogP contribution in [0.15, 0.2) is 24.3 Å². The third-order valence-corrected chi connectivity index (χ3v) is 5.03. The highest BCUT2D eigenvalue weighted by atomic mass is 16.7. The lowest BCUT2D eigenvalue weighted by atomic mass is 9.66. The summed E-state index contributed by atoms with van der Waals surface area (Å²) in [6.45, 7) is 9.90. The summed E-state index contributed by atoms with van der Waals surface area (Å²) in [6.07, 6.45) is 0.0926. The molecule has 1 unspecified atom stereocenters. The Morgan fingerprint density at radius 3 is 2.31 bits per heavy atom. The first-order valence-corrected chi connectivity index (χ1v) is 8.81. The van der Waals surface area contributed by atoms with E-state index < -0.39 is 30.1 Å². The van der Waals surface area contributed by atoms with Crippen LogP contribution in [0.2, 0.25) is 0 Å².